The minimum absolute atomic E-state index is 0.0636. The highest BCUT2D eigenvalue weighted by atomic mass is 32.2. The lowest BCUT2D eigenvalue weighted by atomic mass is 9.42. The molecular formula is C34H52O5S. The lowest BCUT2D eigenvalue weighted by molar-refractivity contribution is -0.211. The summed E-state index contributed by atoms with van der Waals surface area (Å²) in [5, 5.41) is 12.1. The van der Waals surface area contributed by atoms with Crippen molar-refractivity contribution in [3.63, 3.8) is 0 Å². The van der Waals surface area contributed by atoms with Crippen LogP contribution in [0.4, 0.5) is 0 Å². The Morgan fingerprint density at radius 1 is 0.975 bits per heavy atom. The van der Waals surface area contributed by atoms with Crippen LogP contribution in [0.5, 0.6) is 0 Å². The van der Waals surface area contributed by atoms with Crippen molar-refractivity contribution in [1.29, 1.82) is 0 Å². The first-order valence-electron chi connectivity index (χ1n) is 16.0. The van der Waals surface area contributed by atoms with E-state index in [9.17, 15) is 18.3 Å². The summed E-state index contributed by atoms with van der Waals surface area (Å²) in [5.41, 5.74) is -0.826. The minimum Gasteiger partial charge on any atom is -0.381 e. The Morgan fingerprint density at radius 2 is 1.68 bits per heavy atom. The number of aryl methyl sites for hydroxylation is 1. The molecule has 0 saturated heterocycles. The fraction of sp³-hybridized carbons (Fsp3) is 0.794. The van der Waals surface area contributed by atoms with Crippen molar-refractivity contribution < 1.29 is 22.5 Å². The Balaban J connectivity index is 1.31. The van der Waals surface area contributed by atoms with E-state index in [4.69, 9.17) is 4.18 Å². The van der Waals surface area contributed by atoms with Gasteiger partial charge in [-0.2, -0.15) is 8.42 Å². The van der Waals surface area contributed by atoms with E-state index in [-0.39, 0.29) is 28.4 Å². The van der Waals surface area contributed by atoms with E-state index in [2.05, 4.69) is 34.6 Å². The first kappa shape index (κ1) is 30.2. The third-order valence-electron chi connectivity index (χ3n) is 12.4. The van der Waals surface area contributed by atoms with Crippen molar-refractivity contribution in [2.24, 2.45) is 46.3 Å². The number of carbonyl (C=O) groups is 1. The molecule has 4 aliphatic rings. The fourth-order valence-corrected chi connectivity index (χ4v) is 11.2. The Labute approximate surface area is 243 Å². The predicted octanol–water partition coefficient (Wildman–Crippen LogP) is 7.48. The molecule has 4 aliphatic carbocycles. The second kappa shape index (κ2) is 10.8. The zero-order valence-corrected chi connectivity index (χ0v) is 26.4. The summed E-state index contributed by atoms with van der Waals surface area (Å²) < 4.78 is 31.7. The second-order valence-corrected chi connectivity index (χ2v) is 16.6. The van der Waals surface area contributed by atoms with Crippen LogP contribution in [-0.2, 0) is 19.1 Å². The summed E-state index contributed by atoms with van der Waals surface area (Å²) in [5.74, 6) is 3.23. The van der Waals surface area contributed by atoms with Gasteiger partial charge in [-0.1, -0.05) is 71.6 Å². The molecule has 0 aromatic heterocycles. The summed E-state index contributed by atoms with van der Waals surface area (Å²) in [7, 11) is -3.97. The van der Waals surface area contributed by atoms with Crippen LogP contribution in [0.15, 0.2) is 29.2 Å². The quantitative estimate of drug-likeness (QED) is 0.327. The van der Waals surface area contributed by atoms with Crippen molar-refractivity contribution in [2.45, 2.75) is 129 Å². The van der Waals surface area contributed by atoms with E-state index < -0.39 is 27.2 Å². The van der Waals surface area contributed by atoms with Gasteiger partial charge in [-0.05, 0) is 98.5 Å². The third kappa shape index (κ3) is 5.02. The number of rotatable bonds is 8. The van der Waals surface area contributed by atoms with Crippen LogP contribution in [0.1, 0.15) is 111 Å². The average Bonchev–Trinajstić information content (AvgIpc) is 3.23. The molecule has 224 valence electrons. The van der Waals surface area contributed by atoms with E-state index in [0.29, 0.717) is 42.9 Å². The average molecular weight is 573 g/mol. The highest BCUT2D eigenvalue weighted by Gasteiger charge is 2.68. The highest BCUT2D eigenvalue weighted by molar-refractivity contribution is 7.86. The van der Waals surface area contributed by atoms with Crippen LogP contribution in [0.2, 0.25) is 0 Å². The van der Waals surface area contributed by atoms with E-state index >= 15 is 0 Å². The molecular weight excluding hydrogens is 520 g/mol. The lowest BCUT2D eigenvalue weighted by Gasteiger charge is -2.63. The van der Waals surface area contributed by atoms with Crippen LogP contribution in [0.3, 0.4) is 0 Å². The van der Waals surface area contributed by atoms with Crippen LogP contribution >= 0.6 is 0 Å². The van der Waals surface area contributed by atoms with Gasteiger partial charge in [0.2, 0.25) is 0 Å². The third-order valence-corrected chi connectivity index (χ3v) is 13.7. The molecule has 1 N–H and O–H groups in total. The minimum atomic E-state index is -3.97. The number of Topliss-reactive ketones (excluding diaryl/α,β-unsaturated/α-hetero) is 1. The van der Waals surface area contributed by atoms with Gasteiger partial charge in [-0.25, -0.2) is 0 Å². The van der Waals surface area contributed by atoms with Gasteiger partial charge >= 0.3 is 0 Å². The van der Waals surface area contributed by atoms with Gasteiger partial charge in [0.25, 0.3) is 10.1 Å². The molecule has 4 saturated carbocycles. The molecule has 0 radical (unpaired) electrons. The molecule has 9 atom stereocenters. The van der Waals surface area contributed by atoms with E-state index in [0.717, 1.165) is 17.9 Å². The molecule has 40 heavy (non-hydrogen) atoms. The molecule has 0 heterocycles. The maximum absolute atomic E-state index is 13.9. The maximum atomic E-state index is 13.9. The molecule has 0 aliphatic heterocycles. The van der Waals surface area contributed by atoms with Crippen LogP contribution in [0, 0.1) is 53.3 Å². The molecule has 6 heteroatoms. The smallest absolute Gasteiger partial charge is 0.297 e. The van der Waals surface area contributed by atoms with Crippen molar-refractivity contribution in [3.05, 3.63) is 29.8 Å². The lowest BCUT2D eigenvalue weighted by Crippen LogP contribution is -2.67. The summed E-state index contributed by atoms with van der Waals surface area (Å²) in [6.45, 7) is 13.6. The van der Waals surface area contributed by atoms with E-state index in [1.807, 2.05) is 6.92 Å². The van der Waals surface area contributed by atoms with Gasteiger partial charge < -0.3 is 5.11 Å². The largest absolute Gasteiger partial charge is 0.381 e. The Kier molecular flexibility index (Phi) is 8.15. The molecule has 1 aromatic carbocycles. The van der Waals surface area contributed by atoms with Gasteiger partial charge in [-0.15, -0.1) is 0 Å². The summed E-state index contributed by atoms with van der Waals surface area (Å²) in [4.78, 5) is 14.0. The highest BCUT2D eigenvalue weighted by Crippen LogP contribution is 2.68. The molecule has 5 rings (SSSR count). The molecule has 4 fully saturated rings. The van der Waals surface area contributed by atoms with Crippen molar-refractivity contribution in [2.75, 3.05) is 0 Å². The molecule has 0 bridgehead atoms. The van der Waals surface area contributed by atoms with Gasteiger partial charge in [-0.3, -0.25) is 8.98 Å². The fourth-order valence-electron chi connectivity index (χ4n) is 10.0. The predicted molar refractivity (Wildman–Crippen MR) is 158 cm³/mol. The number of fused-ring (bicyclic) bond motifs is 5. The Bertz CT molecular complexity index is 1190. The second-order valence-electron chi connectivity index (χ2n) is 15.0. The van der Waals surface area contributed by atoms with Crippen molar-refractivity contribution in [1.82, 2.24) is 0 Å². The normalized spacial score (nSPS) is 40.4. The van der Waals surface area contributed by atoms with Crippen LogP contribution in [0.25, 0.3) is 0 Å². The van der Waals surface area contributed by atoms with E-state index in [1.54, 1.807) is 24.3 Å². The van der Waals surface area contributed by atoms with Crippen LogP contribution < -0.4 is 0 Å². The molecule has 0 amide bonds. The molecule has 1 aromatic rings. The molecule has 0 unspecified atom stereocenters. The van der Waals surface area contributed by atoms with E-state index in [1.165, 1.54) is 38.5 Å². The summed E-state index contributed by atoms with van der Waals surface area (Å²) in [6, 6.07) is 6.62. The summed E-state index contributed by atoms with van der Waals surface area (Å²) >= 11 is 0. The number of hydrogen-bond donors (Lipinski definition) is 1. The SMILES string of the molecule is Cc1ccc(S(=O)(=O)O[C@@H]2CC[C@]3(C)[C@@H]4CC[C@]5(C)[C@H](CC[C@@H]5[C@H](C)CCCC(C)C)[C@@H]4CC(=O)[C@@]3(O)C2)cc1. The Hall–Kier alpha value is -1.24. The Morgan fingerprint density at radius 3 is 2.35 bits per heavy atom. The number of carbonyl (C=O) groups excluding carboxylic acids is 1. The van der Waals surface area contributed by atoms with Crippen molar-refractivity contribution >= 4 is 15.9 Å². The standard InChI is InChI=1S/C34H52O5S/c1-22(2)8-7-9-24(4)28-14-15-29-27-20-31(35)34(36)21-25(39-40(37,38)26-12-10-23(3)11-13-26)16-19-33(34,6)30(27)17-18-32(28,29)5/h10-13,22,24-25,27-30,36H,7-9,14-21H2,1-6H3/t24-,25-,27+,28-,29-,30-,32+,33-,34+/m1/s1. The number of hydrogen-bond acceptors (Lipinski definition) is 5. The first-order chi connectivity index (χ1) is 18.7. The zero-order valence-electron chi connectivity index (χ0n) is 25.6. The maximum Gasteiger partial charge on any atom is 0.297 e. The number of benzene rings is 1. The monoisotopic (exact) mass is 572 g/mol. The van der Waals surface area contributed by atoms with Gasteiger partial charge in [0.05, 0.1) is 11.0 Å². The molecule has 5 nitrogen and oxygen atoms in total. The number of ketones is 1. The van der Waals surface area contributed by atoms with Gasteiger partial charge in [0.15, 0.2) is 5.78 Å². The summed E-state index contributed by atoms with van der Waals surface area (Å²) in [6.07, 6.45) is 9.50. The van der Waals surface area contributed by atoms with Gasteiger partial charge in [0.1, 0.15) is 5.60 Å². The zero-order chi connectivity index (χ0) is 29.1. The number of aliphatic hydroxyl groups is 1. The van der Waals surface area contributed by atoms with Crippen LogP contribution in [-0.4, -0.2) is 31.0 Å². The van der Waals surface area contributed by atoms with Crippen molar-refractivity contribution in [3.8, 4) is 0 Å². The van der Waals surface area contributed by atoms with Gasteiger partial charge in [0, 0.05) is 18.3 Å². The first-order valence-corrected chi connectivity index (χ1v) is 17.4. The topological polar surface area (TPSA) is 80.7 Å². The molecule has 0 spiro atoms.